The lowest BCUT2D eigenvalue weighted by atomic mass is 10.1. The van der Waals surface area contributed by atoms with Crippen LogP contribution in [0.2, 0.25) is 0 Å². The third-order valence-corrected chi connectivity index (χ3v) is 3.43. The summed E-state index contributed by atoms with van der Waals surface area (Å²) in [5.41, 5.74) is 1.79. The number of para-hydroxylation sites is 1. The SMILES string of the molecule is CCCCc1oc2ccccc2c1CNCCC(F)(F)F. The minimum Gasteiger partial charge on any atom is -0.461 e. The molecule has 116 valence electrons. The highest BCUT2D eigenvalue weighted by molar-refractivity contribution is 5.82. The maximum atomic E-state index is 12.2. The van der Waals surface area contributed by atoms with Crippen LogP contribution in [0.3, 0.4) is 0 Å². The van der Waals surface area contributed by atoms with E-state index in [1.54, 1.807) is 0 Å². The van der Waals surface area contributed by atoms with E-state index < -0.39 is 12.6 Å². The first-order valence-electron chi connectivity index (χ1n) is 7.28. The monoisotopic (exact) mass is 299 g/mol. The van der Waals surface area contributed by atoms with Crippen LogP contribution in [0, 0.1) is 0 Å². The largest absolute Gasteiger partial charge is 0.461 e. The Hall–Kier alpha value is -1.49. The average Bonchev–Trinajstić information content (AvgIpc) is 2.78. The van der Waals surface area contributed by atoms with Crippen LogP contribution in [0.1, 0.15) is 37.5 Å². The highest BCUT2D eigenvalue weighted by atomic mass is 19.4. The van der Waals surface area contributed by atoms with Gasteiger partial charge in [0.15, 0.2) is 0 Å². The summed E-state index contributed by atoms with van der Waals surface area (Å²) in [6.45, 7) is 2.44. The van der Waals surface area contributed by atoms with Gasteiger partial charge in [0.25, 0.3) is 0 Å². The molecule has 0 atom stereocenters. The summed E-state index contributed by atoms with van der Waals surface area (Å²) >= 11 is 0. The fourth-order valence-corrected chi connectivity index (χ4v) is 2.33. The molecule has 0 aliphatic rings. The van der Waals surface area contributed by atoms with Crippen molar-refractivity contribution < 1.29 is 17.6 Å². The number of nitrogens with one attached hydrogen (secondary N) is 1. The summed E-state index contributed by atoms with van der Waals surface area (Å²) in [5, 5.41) is 3.86. The predicted octanol–water partition coefficient (Wildman–Crippen LogP) is 4.82. The van der Waals surface area contributed by atoms with Crippen LogP contribution < -0.4 is 5.32 Å². The van der Waals surface area contributed by atoms with Gasteiger partial charge < -0.3 is 9.73 Å². The maximum Gasteiger partial charge on any atom is 0.390 e. The summed E-state index contributed by atoms with van der Waals surface area (Å²) in [4.78, 5) is 0. The van der Waals surface area contributed by atoms with Crippen LogP contribution >= 0.6 is 0 Å². The van der Waals surface area contributed by atoms with Crippen LogP contribution in [0.5, 0.6) is 0 Å². The van der Waals surface area contributed by atoms with Gasteiger partial charge in [-0.05, 0) is 12.5 Å². The number of benzene rings is 1. The lowest BCUT2D eigenvalue weighted by molar-refractivity contribution is -0.133. The molecule has 2 rings (SSSR count). The second-order valence-corrected chi connectivity index (χ2v) is 5.15. The molecule has 2 aromatic rings. The highest BCUT2D eigenvalue weighted by Crippen LogP contribution is 2.27. The highest BCUT2D eigenvalue weighted by Gasteiger charge is 2.26. The molecule has 0 radical (unpaired) electrons. The molecular formula is C16H20F3NO. The van der Waals surface area contributed by atoms with Crippen molar-refractivity contribution in [2.45, 2.75) is 45.3 Å². The second kappa shape index (κ2) is 6.98. The minimum absolute atomic E-state index is 0.0732. The molecule has 0 aliphatic heterocycles. The van der Waals surface area contributed by atoms with Crippen molar-refractivity contribution in [2.75, 3.05) is 6.54 Å². The molecule has 0 bridgehead atoms. The van der Waals surface area contributed by atoms with Gasteiger partial charge in [-0.25, -0.2) is 0 Å². The van der Waals surface area contributed by atoms with E-state index in [-0.39, 0.29) is 6.54 Å². The molecule has 5 heteroatoms. The Bertz CT molecular complexity index is 574. The molecule has 1 aromatic carbocycles. The molecule has 1 heterocycles. The predicted molar refractivity (Wildman–Crippen MR) is 77.2 cm³/mol. The number of hydrogen-bond acceptors (Lipinski definition) is 2. The third kappa shape index (κ3) is 4.49. The van der Waals surface area contributed by atoms with Gasteiger partial charge in [0, 0.05) is 30.5 Å². The van der Waals surface area contributed by atoms with Gasteiger partial charge in [-0.1, -0.05) is 31.5 Å². The van der Waals surface area contributed by atoms with E-state index in [9.17, 15) is 13.2 Å². The molecule has 1 N–H and O–H groups in total. The molecule has 0 amide bonds. The van der Waals surface area contributed by atoms with Gasteiger partial charge in [0.2, 0.25) is 0 Å². The van der Waals surface area contributed by atoms with E-state index in [0.717, 1.165) is 41.6 Å². The zero-order valence-electron chi connectivity index (χ0n) is 12.1. The number of rotatable bonds is 7. The summed E-state index contributed by atoms with van der Waals surface area (Å²) in [6, 6.07) is 7.66. The van der Waals surface area contributed by atoms with E-state index in [2.05, 4.69) is 12.2 Å². The Morgan fingerprint density at radius 3 is 2.67 bits per heavy atom. The average molecular weight is 299 g/mol. The fourth-order valence-electron chi connectivity index (χ4n) is 2.33. The molecular weight excluding hydrogens is 279 g/mol. The molecule has 0 fully saturated rings. The molecule has 2 nitrogen and oxygen atoms in total. The summed E-state index contributed by atoms with van der Waals surface area (Å²) < 4.78 is 42.3. The van der Waals surface area contributed by atoms with Gasteiger partial charge in [-0.2, -0.15) is 13.2 Å². The molecule has 21 heavy (non-hydrogen) atoms. The van der Waals surface area contributed by atoms with Crippen LogP contribution in [0.4, 0.5) is 13.2 Å². The first-order valence-corrected chi connectivity index (χ1v) is 7.28. The van der Waals surface area contributed by atoms with E-state index in [1.165, 1.54) is 0 Å². The van der Waals surface area contributed by atoms with Crippen molar-refractivity contribution in [1.29, 1.82) is 0 Å². The quantitative estimate of drug-likeness (QED) is 0.742. The first-order chi connectivity index (χ1) is 10.0. The van der Waals surface area contributed by atoms with Crippen LogP contribution in [0.25, 0.3) is 11.0 Å². The maximum absolute atomic E-state index is 12.2. The van der Waals surface area contributed by atoms with E-state index in [1.807, 2.05) is 24.3 Å². The van der Waals surface area contributed by atoms with Crippen molar-refractivity contribution in [2.24, 2.45) is 0 Å². The number of furan rings is 1. The van der Waals surface area contributed by atoms with Gasteiger partial charge in [-0.3, -0.25) is 0 Å². The first kappa shape index (κ1) is 15.9. The van der Waals surface area contributed by atoms with Gasteiger partial charge in [-0.15, -0.1) is 0 Å². The lowest BCUT2D eigenvalue weighted by Crippen LogP contribution is -2.21. The van der Waals surface area contributed by atoms with Crippen molar-refractivity contribution in [3.8, 4) is 0 Å². The van der Waals surface area contributed by atoms with Crippen molar-refractivity contribution in [3.05, 3.63) is 35.6 Å². The Morgan fingerprint density at radius 2 is 1.95 bits per heavy atom. The molecule has 0 saturated heterocycles. The number of unbranched alkanes of at least 4 members (excludes halogenated alkanes) is 1. The Labute approximate surface area is 122 Å². The Balaban J connectivity index is 2.08. The van der Waals surface area contributed by atoms with Gasteiger partial charge in [0.1, 0.15) is 11.3 Å². The van der Waals surface area contributed by atoms with E-state index >= 15 is 0 Å². The van der Waals surface area contributed by atoms with E-state index in [4.69, 9.17) is 4.42 Å². The fraction of sp³-hybridized carbons (Fsp3) is 0.500. The zero-order chi connectivity index (χ0) is 15.3. The van der Waals surface area contributed by atoms with Crippen LogP contribution in [-0.2, 0) is 13.0 Å². The molecule has 1 aromatic heterocycles. The molecule has 0 saturated carbocycles. The zero-order valence-corrected chi connectivity index (χ0v) is 12.1. The smallest absolute Gasteiger partial charge is 0.390 e. The summed E-state index contributed by atoms with van der Waals surface area (Å²) in [6.07, 6.45) is -2.04. The molecule has 0 unspecified atom stereocenters. The number of aryl methyl sites for hydroxylation is 1. The summed E-state index contributed by atoms with van der Waals surface area (Å²) in [5.74, 6) is 0.887. The van der Waals surface area contributed by atoms with Crippen molar-refractivity contribution in [1.82, 2.24) is 5.32 Å². The minimum atomic E-state index is -4.11. The number of alkyl halides is 3. The number of halogens is 3. The van der Waals surface area contributed by atoms with Gasteiger partial charge >= 0.3 is 6.18 Å². The number of hydrogen-bond donors (Lipinski definition) is 1. The van der Waals surface area contributed by atoms with E-state index in [0.29, 0.717) is 6.54 Å². The van der Waals surface area contributed by atoms with Crippen LogP contribution in [-0.4, -0.2) is 12.7 Å². The molecule has 0 aliphatic carbocycles. The third-order valence-electron chi connectivity index (χ3n) is 3.43. The normalized spacial score (nSPS) is 12.2. The molecule has 0 spiro atoms. The van der Waals surface area contributed by atoms with Crippen LogP contribution in [0.15, 0.2) is 28.7 Å². The number of fused-ring (bicyclic) bond motifs is 1. The lowest BCUT2D eigenvalue weighted by Gasteiger charge is -2.08. The van der Waals surface area contributed by atoms with Crippen molar-refractivity contribution in [3.63, 3.8) is 0 Å². The topological polar surface area (TPSA) is 25.2 Å². The van der Waals surface area contributed by atoms with Gasteiger partial charge in [0.05, 0.1) is 6.42 Å². The van der Waals surface area contributed by atoms with Crippen molar-refractivity contribution >= 4 is 11.0 Å². The summed E-state index contributed by atoms with van der Waals surface area (Å²) in [7, 11) is 0. The standard InChI is InChI=1S/C16H20F3NO/c1-2-3-7-15-13(11-20-10-9-16(17,18)19)12-6-4-5-8-14(12)21-15/h4-6,8,20H,2-3,7,9-11H2,1H3. The second-order valence-electron chi connectivity index (χ2n) is 5.15. The Kier molecular flexibility index (Phi) is 5.28. The Morgan fingerprint density at radius 1 is 1.19 bits per heavy atom.